The average Bonchev–Trinajstić information content (AvgIpc) is 2.85. The molecule has 0 saturated carbocycles. The van der Waals surface area contributed by atoms with E-state index >= 15 is 0 Å². The third kappa shape index (κ3) is 6.04. The van der Waals surface area contributed by atoms with Crippen molar-refractivity contribution in [2.45, 2.75) is 45.6 Å². The highest BCUT2D eigenvalue weighted by molar-refractivity contribution is 5.71. The van der Waals surface area contributed by atoms with Crippen molar-refractivity contribution in [3.63, 3.8) is 0 Å². The lowest BCUT2D eigenvalue weighted by atomic mass is 9.87. The number of rotatable bonds is 10. The Morgan fingerprint density at radius 2 is 1.89 bits per heavy atom. The fourth-order valence-electron chi connectivity index (χ4n) is 4.21. The van der Waals surface area contributed by atoms with E-state index in [2.05, 4.69) is 56.8 Å². The summed E-state index contributed by atoms with van der Waals surface area (Å²) >= 11 is 0. The van der Waals surface area contributed by atoms with Gasteiger partial charge in [-0.25, -0.2) is 0 Å². The molecule has 1 atom stereocenters. The Bertz CT molecular complexity index is 1200. The molecule has 0 fully saturated rings. The van der Waals surface area contributed by atoms with Crippen molar-refractivity contribution in [3.8, 4) is 28.4 Å². The van der Waals surface area contributed by atoms with Crippen molar-refractivity contribution in [2.24, 2.45) is 0 Å². The third-order valence-electron chi connectivity index (χ3n) is 6.21. The predicted molar refractivity (Wildman–Crippen MR) is 137 cm³/mol. The molecule has 0 aliphatic carbocycles. The summed E-state index contributed by atoms with van der Waals surface area (Å²) in [5, 5.41) is 9.23. The molecular weight excluding hydrogens is 440 g/mol. The largest absolute Gasteiger partial charge is 0.493 e. The van der Waals surface area contributed by atoms with Crippen molar-refractivity contribution in [1.82, 2.24) is 0 Å². The highest BCUT2D eigenvalue weighted by Crippen LogP contribution is 2.40. The Labute approximate surface area is 207 Å². The SMILES string of the molecule is C=C1COc2cc(OCc3ccc(-c4cc(C)ccc4OCCCC)cc3)ccc2[C@@H]1CC(=O)O. The number of hydrogen-bond donors (Lipinski definition) is 1. The van der Waals surface area contributed by atoms with E-state index in [0.29, 0.717) is 31.3 Å². The number of unbranched alkanes of at least 4 members (excludes halogenated alkanes) is 1. The van der Waals surface area contributed by atoms with Gasteiger partial charge in [0.05, 0.1) is 13.0 Å². The Morgan fingerprint density at radius 1 is 1.09 bits per heavy atom. The van der Waals surface area contributed by atoms with Gasteiger partial charge in [0, 0.05) is 23.1 Å². The van der Waals surface area contributed by atoms with Crippen LogP contribution in [0.15, 0.2) is 72.8 Å². The molecule has 3 aromatic carbocycles. The lowest BCUT2D eigenvalue weighted by Crippen LogP contribution is -2.19. The molecule has 1 heterocycles. The van der Waals surface area contributed by atoms with Gasteiger partial charge in [-0.15, -0.1) is 0 Å². The van der Waals surface area contributed by atoms with Crippen LogP contribution in [0.25, 0.3) is 11.1 Å². The van der Waals surface area contributed by atoms with Crippen molar-refractivity contribution in [1.29, 1.82) is 0 Å². The molecule has 182 valence electrons. The molecule has 35 heavy (non-hydrogen) atoms. The first kappa shape index (κ1) is 24.4. The maximum Gasteiger partial charge on any atom is 0.304 e. The summed E-state index contributed by atoms with van der Waals surface area (Å²) in [6, 6.07) is 20.2. The maximum atomic E-state index is 11.2. The van der Waals surface area contributed by atoms with Crippen molar-refractivity contribution >= 4 is 5.97 Å². The summed E-state index contributed by atoms with van der Waals surface area (Å²) in [4.78, 5) is 11.2. The lowest BCUT2D eigenvalue weighted by Gasteiger charge is -2.27. The van der Waals surface area contributed by atoms with Crippen LogP contribution in [0.1, 0.15) is 48.8 Å². The molecule has 0 unspecified atom stereocenters. The summed E-state index contributed by atoms with van der Waals surface area (Å²) in [7, 11) is 0. The number of aryl methyl sites for hydroxylation is 1. The monoisotopic (exact) mass is 472 g/mol. The van der Waals surface area contributed by atoms with Gasteiger partial charge >= 0.3 is 5.97 Å². The van der Waals surface area contributed by atoms with E-state index in [1.54, 1.807) is 0 Å². The van der Waals surface area contributed by atoms with Crippen molar-refractivity contribution < 1.29 is 24.1 Å². The summed E-state index contributed by atoms with van der Waals surface area (Å²) in [6.45, 7) is 9.67. The average molecular weight is 473 g/mol. The van der Waals surface area contributed by atoms with E-state index in [-0.39, 0.29) is 12.3 Å². The normalized spacial score (nSPS) is 14.7. The third-order valence-corrected chi connectivity index (χ3v) is 6.21. The predicted octanol–water partition coefficient (Wildman–Crippen LogP) is 6.93. The first-order valence-electron chi connectivity index (χ1n) is 12.1. The van der Waals surface area contributed by atoms with Crippen LogP contribution in [0.4, 0.5) is 0 Å². The Morgan fingerprint density at radius 3 is 2.63 bits per heavy atom. The van der Waals surface area contributed by atoms with E-state index in [0.717, 1.165) is 46.4 Å². The summed E-state index contributed by atoms with van der Waals surface area (Å²) in [6.07, 6.45) is 2.14. The zero-order valence-electron chi connectivity index (χ0n) is 20.4. The van der Waals surface area contributed by atoms with Crippen LogP contribution in [-0.2, 0) is 11.4 Å². The summed E-state index contributed by atoms with van der Waals surface area (Å²) in [5.41, 5.74) is 6.06. The van der Waals surface area contributed by atoms with Gasteiger partial charge in [-0.05, 0) is 48.2 Å². The van der Waals surface area contributed by atoms with Gasteiger partial charge in [-0.1, -0.05) is 61.9 Å². The van der Waals surface area contributed by atoms with Crippen molar-refractivity contribution in [3.05, 3.63) is 89.5 Å². The highest BCUT2D eigenvalue weighted by atomic mass is 16.5. The van der Waals surface area contributed by atoms with Gasteiger partial charge in [-0.3, -0.25) is 4.79 Å². The minimum absolute atomic E-state index is 0.00798. The van der Waals surface area contributed by atoms with E-state index in [1.807, 2.05) is 24.3 Å². The topological polar surface area (TPSA) is 65.0 Å². The number of aliphatic carboxylic acids is 1. The molecule has 0 bridgehead atoms. The molecule has 5 heteroatoms. The summed E-state index contributed by atoms with van der Waals surface area (Å²) < 4.78 is 17.8. The number of carboxylic acid groups (broad SMARTS) is 1. The molecular formula is C30H32O5. The second-order valence-corrected chi connectivity index (χ2v) is 8.98. The fraction of sp³-hybridized carbons (Fsp3) is 0.300. The number of benzene rings is 3. The number of carbonyl (C=O) groups is 1. The second-order valence-electron chi connectivity index (χ2n) is 8.98. The molecule has 0 radical (unpaired) electrons. The van der Waals surface area contributed by atoms with Crippen LogP contribution >= 0.6 is 0 Å². The van der Waals surface area contributed by atoms with Crippen LogP contribution in [0.2, 0.25) is 0 Å². The first-order valence-corrected chi connectivity index (χ1v) is 12.1. The van der Waals surface area contributed by atoms with E-state index < -0.39 is 5.97 Å². The highest BCUT2D eigenvalue weighted by Gasteiger charge is 2.27. The first-order chi connectivity index (χ1) is 16.9. The molecule has 5 nitrogen and oxygen atoms in total. The van der Waals surface area contributed by atoms with Gasteiger partial charge in [0.2, 0.25) is 0 Å². The molecule has 0 spiro atoms. The van der Waals surface area contributed by atoms with Crippen molar-refractivity contribution in [2.75, 3.05) is 13.2 Å². The Hall–Kier alpha value is -3.73. The quantitative estimate of drug-likeness (QED) is 0.256. The van der Waals surface area contributed by atoms with E-state index in [9.17, 15) is 9.90 Å². The number of fused-ring (bicyclic) bond motifs is 1. The fourth-order valence-corrected chi connectivity index (χ4v) is 4.21. The van der Waals surface area contributed by atoms with E-state index in [1.165, 1.54) is 5.56 Å². The van der Waals surface area contributed by atoms with Gasteiger partial charge < -0.3 is 19.3 Å². The van der Waals surface area contributed by atoms with Gasteiger partial charge in [0.25, 0.3) is 0 Å². The molecule has 0 amide bonds. The van der Waals surface area contributed by atoms with Gasteiger partial charge in [-0.2, -0.15) is 0 Å². The smallest absolute Gasteiger partial charge is 0.304 e. The van der Waals surface area contributed by atoms with Crippen LogP contribution in [0.5, 0.6) is 17.2 Å². The summed E-state index contributed by atoms with van der Waals surface area (Å²) in [5.74, 6) is 1.16. The Kier molecular flexibility index (Phi) is 7.76. The zero-order valence-corrected chi connectivity index (χ0v) is 20.4. The number of carboxylic acids is 1. The van der Waals surface area contributed by atoms with Crippen LogP contribution in [-0.4, -0.2) is 24.3 Å². The minimum Gasteiger partial charge on any atom is -0.493 e. The molecule has 1 N–H and O–H groups in total. The van der Waals surface area contributed by atoms with Crippen LogP contribution in [0, 0.1) is 6.92 Å². The standard InChI is InChI=1S/C30H32O5/c1-4-5-14-33-28-13-6-20(2)15-27(28)23-9-7-22(8-10-23)19-34-24-11-12-25-26(17-30(31)32)21(3)18-35-29(25)16-24/h6-13,15-16,26H,3-5,14,17-19H2,1-2H3,(H,31,32)/t26-/m1/s1. The minimum atomic E-state index is -0.849. The molecule has 4 rings (SSSR count). The Balaban J connectivity index is 1.44. The van der Waals surface area contributed by atoms with Crippen LogP contribution in [0.3, 0.4) is 0 Å². The number of ether oxygens (including phenoxy) is 3. The maximum absolute atomic E-state index is 11.2. The van der Waals surface area contributed by atoms with E-state index in [4.69, 9.17) is 14.2 Å². The molecule has 0 saturated heterocycles. The van der Waals surface area contributed by atoms with Crippen LogP contribution < -0.4 is 14.2 Å². The zero-order chi connectivity index (χ0) is 24.8. The molecule has 1 aliphatic rings. The second kappa shape index (κ2) is 11.1. The van der Waals surface area contributed by atoms with Gasteiger partial charge in [0.15, 0.2) is 0 Å². The molecule has 3 aromatic rings. The lowest BCUT2D eigenvalue weighted by molar-refractivity contribution is -0.137. The molecule has 0 aromatic heterocycles. The number of hydrogen-bond acceptors (Lipinski definition) is 4. The molecule has 1 aliphatic heterocycles. The van der Waals surface area contributed by atoms with Gasteiger partial charge in [0.1, 0.15) is 30.5 Å².